The average Bonchev–Trinajstić information content (AvgIpc) is 3.17. The number of likely N-dealkylation sites (tertiary alicyclic amines) is 1. The highest BCUT2D eigenvalue weighted by Crippen LogP contribution is 2.62. The molecular weight excluding hydrogens is 462 g/mol. The Morgan fingerprint density at radius 3 is 2.70 bits per heavy atom. The molecule has 4 aliphatic rings. The molecule has 5 heteroatoms. The first-order valence-corrected chi connectivity index (χ1v) is 14.6. The van der Waals surface area contributed by atoms with Crippen molar-refractivity contribution >= 4 is 0 Å². The van der Waals surface area contributed by atoms with Crippen molar-refractivity contribution in [3.63, 3.8) is 0 Å². The maximum absolute atomic E-state index is 12.3. The Bertz CT molecular complexity index is 1050. The molecule has 5 rings (SSSR count). The van der Waals surface area contributed by atoms with E-state index in [1.165, 1.54) is 36.0 Å². The lowest BCUT2D eigenvalue weighted by Crippen LogP contribution is -2.74. The van der Waals surface area contributed by atoms with Crippen LogP contribution in [0.15, 0.2) is 35.4 Å². The number of hydrogen-bond donors (Lipinski definition) is 2. The summed E-state index contributed by atoms with van der Waals surface area (Å²) in [5, 5.41) is 23.5. The van der Waals surface area contributed by atoms with E-state index >= 15 is 0 Å². The second-order valence-electron chi connectivity index (χ2n) is 12.5. The lowest BCUT2D eigenvalue weighted by atomic mass is 9.52. The molecule has 1 aromatic rings. The Balaban J connectivity index is 1.44. The van der Waals surface area contributed by atoms with Gasteiger partial charge in [0.2, 0.25) is 0 Å². The summed E-state index contributed by atoms with van der Waals surface area (Å²) < 4.78 is 12.9. The Hall–Kier alpha value is -1.82. The van der Waals surface area contributed by atoms with E-state index in [1.807, 2.05) is 19.9 Å². The van der Waals surface area contributed by atoms with Crippen molar-refractivity contribution in [2.24, 2.45) is 5.92 Å². The molecule has 5 atom stereocenters. The predicted octanol–water partition coefficient (Wildman–Crippen LogP) is 5.71. The van der Waals surface area contributed by atoms with Crippen LogP contribution in [0.3, 0.4) is 0 Å². The molecule has 0 aromatic heterocycles. The topological polar surface area (TPSA) is 62.2 Å². The summed E-state index contributed by atoms with van der Waals surface area (Å²) in [6, 6.07) is 4.27. The van der Waals surface area contributed by atoms with Crippen LogP contribution in [-0.2, 0) is 11.8 Å². The van der Waals surface area contributed by atoms with Gasteiger partial charge in [-0.25, -0.2) is 0 Å². The molecule has 5 nitrogen and oxygen atoms in total. The molecular formula is C32H47NO4. The van der Waals surface area contributed by atoms with E-state index in [-0.39, 0.29) is 6.04 Å². The van der Waals surface area contributed by atoms with Gasteiger partial charge in [0.05, 0.1) is 17.1 Å². The highest BCUT2D eigenvalue weighted by Gasteiger charge is 2.69. The molecule has 2 heterocycles. The SMILES string of the molecule is CCC(O)C1Oc2c(OC/C=C(\C)CCC=C(C)C)ccc3c2C12CCN(CC1CCC1)C(C3)C2(C)O. The van der Waals surface area contributed by atoms with Crippen LogP contribution < -0.4 is 9.47 Å². The van der Waals surface area contributed by atoms with Crippen LogP contribution in [0.4, 0.5) is 0 Å². The summed E-state index contributed by atoms with van der Waals surface area (Å²) in [4.78, 5) is 2.54. The summed E-state index contributed by atoms with van der Waals surface area (Å²) >= 11 is 0. The minimum Gasteiger partial charge on any atom is -0.486 e. The van der Waals surface area contributed by atoms with Crippen LogP contribution in [0.1, 0.15) is 90.7 Å². The minimum absolute atomic E-state index is 0.0358. The lowest BCUT2D eigenvalue weighted by Gasteiger charge is -2.60. The molecule has 1 aromatic carbocycles. The van der Waals surface area contributed by atoms with Crippen molar-refractivity contribution in [3.05, 3.63) is 46.6 Å². The number of aliphatic hydroxyl groups is 2. The number of aliphatic hydroxyl groups excluding tert-OH is 1. The number of fused-ring (bicyclic) bond motifs is 1. The summed E-state index contributed by atoms with van der Waals surface area (Å²) in [5.74, 6) is 2.23. The van der Waals surface area contributed by atoms with Gasteiger partial charge < -0.3 is 19.7 Å². The number of rotatable bonds is 10. The molecule has 37 heavy (non-hydrogen) atoms. The summed E-state index contributed by atoms with van der Waals surface area (Å²) in [7, 11) is 0. The van der Waals surface area contributed by atoms with Crippen LogP contribution in [0.2, 0.25) is 0 Å². The Kier molecular flexibility index (Phi) is 7.52. The third-order valence-electron chi connectivity index (χ3n) is 9.83. The summed E-state index contributed by atoms with van der Waals surface area (Å²) in [6.45, 7) is 12.9. The Labute approximate surface area is 223 Å². The van der Waals surface area contributed by atoms with E-state index < -0.39 is 23.2 Å². The fraction of sp³-hybridized carbons (Fsp3) is 0.688. The molecule has 1 saturated carbocycles. The lowest BCUT2D eigenvalue weighted by molar-refractivity contribution is -0.172. The van der Waals surface area contributed by atoms with Crippen molar-refractivity contribution < 1.29 is 19.7 Å². The number of benzene rings is 1. The number of allylic oxidation sites excluding steroid dienone is 3. The number of piperidine rings is 1. The predicted molar refractivity (Wildman–Crippen MR) is 148 cm³/mol. The van der Waals surface area contributed by atoms with Crippen molar-refractivity contribution in [3.8, 4) is 11.5 Å². The van der Waals surface area contributed by atoms with E-state index in [4.69, 9.17) is 9.47 Å². The van der Waals surface area contributed by atoms with Crippen molar-refractivity contribution in [2.45, 2.75) is 115 Å². The molecule has 1 saturated heterocycles. The second-order valence-corrected chi connectivity index (χ2v) is 12.5. The number of hydrogen-bond acceptors (Lipinski definition) is 5. The zero-order valence-electron chi connectivity index (χ0n) is 23.6. The maximum atomic E-state index is 12.3. The molecule has 2 fully saturated rings. The maximum Gasteiger partial charge on any atom is 0.166 e. The fourth-order valence-corrected chi connectivity index (χ4v) is 7.40. The van der Waals surface area contributed by atoms with E-state index in [1.54, 1.807) is 0 Å². The Morgan fingerprint density at radius 1 is 1.24 bits per heavy atom. The largest absolute Gasteiger partial charge is 0.486 e. The third-order valence-corrected chi connectivity index (χ3v) is 9.83. The van der Waals surface area contributed by atoms with Gasteiger partial charge in [-0.15, -0.1) is 0 Å². The zero-order chi connectivity index (χ0) is 26.4. The zero-order valence-corrected chi connectivity index (χ0v) is 23.6. The van der Waals surface area contributed by atoms with Gasteiger partial charge in [-0.2, -0.15) is 0 Å². The normalized spacial score (nSPS) is 31.8. The highest BCUT2D eigenvalue weighted by molar-refractivity contribution is 5.62. The number of nitrogens with zero attached hydrogens (tertiary/aromatic N) is 1. The first-order chi connectivity index (χ1) is 17.7. The van der Waals surface area contributed by atoms with E-state index in [0.29, 0.717) is 13.0 Å². The smallest absolute Gasteiger partial charge is 0.166 e. The van der Waals surface area contributed by atoms with Crippen molar-refractivity contribution in [1.29, 1.82) is 0 Å². The minimum atomic E-state index is -0.992. The van der Waals surface area contributed by atoms with Gasteiger partial charge in [0.1, 0.15) is 12.7 Å². The van der Waals surface area contributed by atoms with E-state index in [9.17, 15) is 10.2 Å². The molecule has 0 radical (unpaired) electrons. The molecule has 2 aliphatic heterocycles. The Morgan fingerprint density at radius 2 is 2.03 bits per heavy atom. The van der Waals surface area contributed by atoms with Crippen molar-refractivity contribution in [1.82, 2.24) is 4.90 Å². The summed E-state index contributed by atoms with van der Waals surface area (Å²) in [5.41, 5.74) is 3.39. The van der Waals surface area contributed by atoms with Gasteiger partial charge in [0.15, 0.2) is 11.5 Å². The quantitative estimate of drug-likeness (QED) is 0.396. The monoisotopic (exact) mass is 509 g/mol. The standard InChI is InChI=1S/C32H47NO4/c1-6-25(34)30-32-16-17-33(20-23-11-8-12-23)27(31(32,5)35)19-24-13-14-26(29(37-30)28(24)32)36-18-15-22(4)10-7-9-21(2)3/h9,13-15,23,25,27,30,34-35H,6-8,10-12,16-20H2,1-5H3/b22-15+. The van der Waals surface area contributed by atoms with Gasteiger partial charge in [-0.1, -0.05) is 36.6 Å². The van der Waals surface area contributed by atoms with Gasteiger partial charge in [-0.05, 0) is 103 Å². The first kappa shape index (κ1) is 26.8. The molecule has 2 bridgehead atoms. The molecule has 2 N–H and O–H groups in total. The fourth-order valence-electron chi connectivity index (χ4n) is 7.40. The van der Waals surface area contributed by atoms with Gasteiger partial charge in [0.25, 0.3) is 0 Å². The van der Waals surface area contributed by atoms with Crippen LogP contribution in [0, 0.1) is 5.92 Å². The van der Waals surface area contributed by atoms with Crippen LogP contribution in [0.5, 0.6) is 11.5 Å². The molecule has 5 unspecified atom stereocenters. The van der Waals surface area contributed by atoms with Gasteiger partial charge in [0, 0.05) is 18.2 Å². The van der Waals surface area contributed by atoms with Crippen LogP contribution in [-0.4, -0.2) is 58.7 Å². The molecule has 2 aliphatic carbocycles. The molecule has 1 spiro atoms. The molecule has 204 valence electrons. The summed E-state index contributed by atoms with van der Waals surface area (Å²) in [6.07, 6.45) is 11.5. The highest BCUT2D eigenvalue weighted by atomic mass is 16.5. The van der Waals surface area contributed by atoms with Gasteiger partial charge >= 0.3 is 0 Å². The second kappa shape index (κ2) is 10.4. The molecule has 0 amide bonds. The number of ether oxygens (including phenoxy) is 2. The first-order valence-electron chi connectivity index (χ1n) is 14.6. The average molecular weight is 510 g/mol. The van der Waals surface area contributed by atoms with Crippen molar-refractivity contribution in [2.75, 3.05) is 19.7 Å². The van der Waals surface area contributed by atoms with Crippen LogP contribution in [0.25, 0.3) is 0 Å². The van der Waals surface area contributed by atoms with Gasteiger partial charge in [-0.3, -0.25) is 4.90 Å². The van der Waals surface area contributed by atoms with E-state index in [0.717, 1.165) is 61.8 Å². The van der Waals surface area contributed by atoms with E-state index in [2.05, 4.69) is 43.9 Å². The van der Waals surface area contributed by atoms with Crippen LogP contribution >= 0.6 is 0 Å². The third kappa shape index (κ3) is 4.55.